The molecule has 148 valence electrons. The SMILES string of the molecule is COC(=O)C[NH+]1[C@@H](c2ccccc2)c2cc(Br)ccc2N[C@@H]1c1ccc(F)cc1. The van der Waals surface area contributed by atoms with Crippen molar-refractivity contribution in [2.24, 2.45) is 0 Å². The molecule has 4 nitrogen and oxygen atoms in total. The van der Waals surface area contributed by atoms with Crippen LogP contribution in [-0.2, 0) is 9.53 Å². The molecular formula is C23H21BrFN2O2+. The molecule has 0 amide bonds. The van der Waals surface area contributed by atoms with E-state index in [9.17, 15) is 9.18 Å². The highest BCUT2D eigenvalue weighted by atomic mass is 79.9. The van der Waals surface area contributed by atoms with Crippen molar-refractivity contribution in [3.05, 3.63) is 99.8 Å². The third-order valence-electron chi connectivity index (χ3n) is 5.28. The summed E-state index contributed by atoms with van der Waals surface area (Å²) in [5.74, 6) is -0.587. The van der Waals surface area contributed by atoms with Crippen molar-refractivity contribution in [3.8, 4) is 0 Å². The molecule has 0 spiro atoms. The lowest BCUT2D eigenvalue weighted by atomic mass is 9.91. The summed E-state index contributed by atoms with van der Waals surface area (Å²) in [4.78, 5) is 13.3. The van der Waals surface area contributed by atoms with Gasteiger partial charge in [0.25, 0.3) is 0 Å². The van der Waals surface area contributed by atoms with Crippen LogP contribution in [0.15, 0.2) is 77.3 Å². The number of rotatable bonds is 4. The number of hydrogen-bond acceptors (Lipinski definition) is 3. The molecular weight excluding hydrogens is 435 g/mol. The number of hydrogen-bond donors (Lipinski definition) is 2. The van der Waals surface area contributed by atoms with Gasteiger partial charge in [0, 0.05) is 26.9 Å². The Morgan fingerprint density at radius 1 is 1.07 bits per heavy atom. The van der Waals surface area contributed by atoms with Gasteiger partial charge < -0.3 is 10.1 Å². The number of methoxy groups -OCH3 is 1. The summed E-state index contributed by atoms with van der Waals surface area (Å²) in [6.07, 6.45) is -0.242. The van der Waals surface area contributed by atoms with Crippen molar-refractivity contribution in [1.82, 2.24) is 0 Å². The first kappa shape index (κ1) is 19.6. The van der Waals surface area contributed by atoms with E-state index in [1.165, 1.54) is 19.2 Å². The van der Waals surface area contributed by atoms with E-state index in [0.29, 0.717) is 0 Å². The molecule has 2 N–H and O–H groups in total. The molecule has 0 radical (unpaired) electrons. The van der Waals surface area contributed by atoms with E-state index < -0.39 is 0 Å². The highest BCUT2D eigenvalue weighted by Crippen LogP contribution is 2.35. The van der Waals surface area contributed by atoms with Crippen LogP contribution in [0.2, 0.25) is 0 Å². The number of anilines is 1. The van der Waals surface area contributed by atoms with Crippen LogP contribution in [0.4, 0.5) is 10.1 Å². The molecule has 0 fully saturated rings. The molecule has 1 heterocycles. The zero-order valence-corrected chi connectivity index (χ0v) is 17.4. The van der Waals surface area contributed by atoms with Gasteiger partial charge in [-0.25, -0.2) is 9.18 Å². The number of halogens is 2. The summed E-state index contributed by atoms with van der Waals surface area (Å²) in [5, 5.41) is 3.55. The number of carbonyl (C=O) groups excluding carboxylic acids is 1. The molecule has 29 heavy (non-hydrogen) atoms. The van der Waals surface area contributed by atoms with Crippen LogP contribution >= 0.6 is 15.9 Å². The van der Waals surface area contributed by atoms with E-state index in [0.717, 1.165) is 31.8 Å². The van der Waals surface area contributed by atoms with Gasteiger partial charge in [-0.15, -0.1) is 0 Å². The van der Waals surface area contributed by atoms with Gasteiger partial charge in [-0.3, -0.25) is 4.90 Å². The molecule has 3 aromatic rings. The summed E-state index contributed by atoms with van der Waals surface area (Å²) in [6.45, 7) is 0.164. The number of quaternary nitrogens is 1. The fraction of sp³-hybridized carbons (Fsp3) is 0.174. The second kappa shape index (κ2) is 8.35. The lowest BCUT2D eigenvalue weighted by Gasteiger charge is -2.41. The second-order valence-electron chi connectivity index (χ2n) is 7.03. The minimum Gasteiger partial charge on any atom is -0.465 e. The first-order chi connectivity index (χ1) is 14.1. The number of carbonyl (C=O) groups is 1. The Morgan fingerprint density at radius 2 is 1.79 bits per heavy atom. The molecule has 0 aromatic heterocycles. The Labute approximate surface area is 177 Å². The molecule has 1 aliphatic rings. The smallest absolute Gasteiger partial charge is 0.361 e. The second-order valence-corrected chi connectivity index (χ2v) is 7.95. The topological polar surface area (TPSA) is 42.8 Å². The summed E-state index contributed by atoms with van der Waals surface area (Å²) < 4.78 is 19.5. The average molecular weight is 456 g/mol. The first-order valence-electron chi connectivity index (χ1n) is 9.35. The standard InChI is InChI=1S/C23H20BrFN2O2/c1-29-21(28)14-27-22(15-5-3-2-4-6-15)19-13-17(24)9-12-20(19)26-23(27)16-7-10-18(25)11-8-16/h2-13,22-23,26H,14H2,1H3/p+1/t22-,23-/m0/s1. The number of esters is 1. The number of ether oxygens (including phenoxy) is 1. The van der Waals surface area contributed by atoms with E-state index in [4.69, 9.17) is 4.74 Å². The highest BCUT2D eigenvalue weighted by Gasteiger charge is 2.41. The van der Waals surface area contributed by atoms with E-state index in [-0.39, 0.29) is 30.5 Å². The maximum absolute atomic E-state index is 13.5. The third kappa shape index (κ3) is 4.04. The van der Waals surface area contributed by atoms with Gasteiger partial charge in [0.15, 0.2) is 12.7 Å². The molecule has 0 aliphatic carbocycles. The van der Waals surface area contributed by atoms with Gasteiger partial charge in [-0.2, -0.15) is 0 Å². The third-order valence-corrected chi connectivity index (χ3v) is 5.77. The van der Waals surface area contributed by atoms with E-state index >= 15 is 0 Å². The Kier molecular flexibility index (Phi) is 5.65. The number of fused-ring (bicyclic) bond motifs is 1. The van der Waals surface area contributed by atoms with Crippen molar-refractivity contribution >= 4 is 27.6 Å². The Hall–Kier alpha value is -2.70. The minimum absolute atomic E-state index is 0.0981. The normalized spacial score (nSPS) is 20.4. The van der Waals surface area contributed by atoms with Crippen molar-refractivity contribution in [1.29, 1.82) is 0 Å². The summed E-state index contributed by atoms with van der Waals surface area (Å²) in [5.41, 5.74) is 4.08. The molecule has 6 heteroatoms. The first-order valence-corrected chi connectivity index (χ1v) is 10.1. The Morgan fingerprint density at radius 3 is 2.48 bits per heavy atom. The molecule has 4 rings (SSSR count). The zero-order chi connectivity index (χ0) is 20.4. The lowest BCUT2D eigenvalue weighted by molar-refractivity contribution is -0.947. The monoisotopic (exact) mass is 455 g/mol. The van der Waals surface area contributed by atoms with E-state index in [1.54, 1.807) is 12.1 Å². The van der Waals surface area contributed by atoms with Crippen LogP contribution in [0.25, 0.3) is 0 Å². The largest absolute Gasteiger partial charge is 0.465 e. The summed E-state index contributed by atoms with van der Waals surface area (Å²) in [6, 6.07) is 22.5. The maximum Gasteiger partial charge on any atom is 0.361 e. The molecule has 1 aliphatic heterocycles. The fourth-order valence-corrected chi connectivity index (χ4v) is 4.33. The van der Waals surface area contributed by atoms with Crippen LogP contribution in [0.1, 0.15) is 28.9 Å². The highest BCUT2D eigenvalue weighted by molar-refractivity contribution is 9.10. The average Bonchev–Trinajstić information content (AvgIpc) is 2.74. The predicted molar refractivity (Wildman–Crippen MR) is 113 cm³/mol. The molecule has 3 atom stereocenters. The van der Waals surface area contributed by atoms with Crippen molar-refractivity contribution in [2.75, 3.05) is 19.0 Å². The predicted octanol–water partition coefficient (Wildman–Crippen LogP) is 3.86. The molecule has 1 unspecified atom stereocenters. The Bertz CT molecular complexity index is 1010. The quantitative estimate of drug-likeness (QED) is 0.587. The van der Waals surface area contributed by atoms with Gasteiger partial charge in [0.1, 0.15) is 11.9 Å². The maximum atomic E-state index is 13.5. The fourth-order valence-electron chi connectivity index (χ4n) is 3.95. The number of benzene rings is 3. The van der Waals surface area contributed by atoms with E-state index in [1.807, 2.05) is 30.3 Å². The summed E-state index contributed by atoms with van der Waals surface area (Å²) >= 11 is 3.57. The van der Waals surface area contributed by atoms with Crippen LogP contribution in [0.5, 0.6) is 0 Å². The number of nitrogens with one attached hydrogen (secondary N) is 2. The van der Waals surface area contributed by atoms with Crippen LogP contribution in [0, 0.1) is 5.82 Å². The molecule has 0 saturated heterocycles. The van der Waals surface area contributed by atoms with Gasteiger partial charge >= 0.3 is 5.97 Å². The minimum atomic E-state index is -0.298. The van der Waals surface area contributed by atoms with Crippen molar-refractivity contribution in [3.63, 3.8) is 0 Å². The van der Waals surface area contributed by atoms with Gasteiger partial charge in [-0.05, 0) is 42.5 Å². The van der Waals surface area contributed by atoms with Crippen molar-refractivity contribution in [2.45, 2.75) is 12.2 Å². The zero-order valence-electron chi connectivity index (χ0n) is 15.9. The van der Waals surface area contributed by atoms with Crippen molar-refractivity contribution < 1.29 is 18.8 Å². The Balaban J connectivity index is 1.88. The van der Waals surface area contributed by atoms with Gasteiger partial charge in [0.05, 0.1) is 7.11 Å². The van der Waals surface area contributed by atoms with Crippen LogP contribution in [0.3, 0.4) is 0 Å². The van der Waals surface area contributed by atoms with Crippen LogP contribution < -0.4 is 10.2 Å². The molecule has 0 bridgehead atoms. The lowest BCUT2D eigenvalue weighted by Crippen LogP contribution is -3.15. The summed E-state index contributed by atoms with van der Waals surface area (Å²) in [7, 11) is 1.40. The van der Waals surface area contributed by atoms with E-state index in [2.05, 4.69) is 39.4 Å². The van der Waals surface area contributed by atoms with Gasteiger partial charge in [0.2, 0.25) is 0 Å². The molecule has 0 saturated carbocycles. The molecule has 3 aromatic carbocycles. The van der Waals surface area contributed by atoms with Gasteiger partial charge in [-0.1, -0.05) is 46.3 Å². The van der Waals surface area contributed by atoms with Crippen LogP contribution in [-0.4, -0.2) is 19.6 Å².